The molecule has 2 rings (SSSR count). The number of rotatable bonds is 6. The van der Waals surface area contributed by atoms with E-state index in [1.807, 2.05) is 19.1 Å². The Hall–Kier alpha value is -1.82. The molecule has 1 aromatic rings. The van der Waals surface area contributed by atoms with Gasteiger partial charge >= 0.3 is 5.69 Å². The van der Waals surface area contributed by atoms with Gasteiger partial charge in [0, 0.05) is 32.7 Å². The van der Waals surface area contributed by atoms with Gasteiger partial charge in [0.05, 0.1) is 4.92 Å². The van der Waals surface area contributed by atoms with Crippen molar-refractivity contribution in [2.24, 2.45) is 0 Å². The summed E-state index contributed by atoms with van der Waals surface area (Å²) in [5.41, 5.74) is 1.54. The van der Waals surface area contributed by atoms with Crippen LogP contribution in [-0.2, 0) is 0 Å². The molecule has 0 unspecified atom stereocenters. The fraction of sp³-hybridized carbons (Fsp3) is 0.600. The molecule has 21 heavy (non-hydrogen) atoms. The van der Waals surface area contributed by atoms with Crippen molar-refractivity contribution >= 4 is 17.1 Å². The number of hydrogen-bond donors (Lipinski definition) is 1. The SMILES string of the molecule is CCCN1CCN(c2cccc(NCC)c2[N+](=O)[O-])CC1. The Balaban J connectivity index is 2.20. The number of nitro benzene ring substituents is 1. The van der Waals surface area contributed by atoms with Gasteiger partial charge < -0.3 is 10.2 Å². The van der Waals surface area contributed by atoms with Gasteiger partial charge in [-0.1, -0.05) is 13.0 Å². The molecule has 0 bridgehead atoms. The first-order valence-electron chi connectivity index (χ1n) is 7.66. The van der Waals surface area contributed by atoms with Crippen molar-refractivity contribution in [3.63, 3.8) is 0 Å². The highest BCUT2D eigenvalue weighted by molar-refractivity contribution is 5.77. The van der Waals surface area contributed by atoms with Crippen LogP contribution in [0.25, 0.3) is 0 Å². The number of hydrogen-bond acceptors (Lipinski definition) is 5. The van der Waals surface area contributed by atoms with Gasteiger partial charge in [-0.05, 0) is 32.0 Å². The number of nitrogens with zero attached hydrogens (tertiary/aromatic N) is 3. The maximum Gasteiger partial charge on any atom is 0.315 e. The second-order valence-corrected chi connectivity index (χ2v) is 5.29. The van der Waals surface area contributed by atoms with Crippen LogP contribution in [0.2, 0.25) is 0 Å². The molecular formula is C15H24N4O2. The van der Waals surface area contributed by atoms with E-state index >= 15 is 0 Å². The fourth-order valence-electron chi connectivity index (χ4n) is 2.84. The first-order chi connectivity index (χ1) is 10.2. The lowest BCUT2D eigenvalue weighted by atomic mass is 10.2. The van der Waals surface area contributed by atoms with E-state index in [1.165, 1.54) is 0 Å². The Kier molecular flexibility index (Phi) is 5.38. The van der Waals surface area contributed by atoms with Gasteiger partial charge in [-0.25, -0.2) is 0 Å². The molecule has 6 nitrogen and oxygen atoms in total. The zero-order valence-electron chi connectivity index (χ0n) is 12.8. The highest BCUT2D eigenvalue weighted by atomic mass is 16.6. The minimum Gasteiger partial charge on any atom is -0.380 e. The molecule has 0 saturated carbocycles. The molecule has 1 fully saturated rings. The Morgan fingerprint density at radius 3 is 2.52 bits per heavy atom. The Morgan fingerprint density at radius 1 is 1.24 bits per heavy atom. The molecule has 0 spiro atoms. The highest BCUT2D eigenvalue weighted by Gasteiger charge is 2.26. The molecule has 0 aromatic heterocycles. The summed E-state index contributed by atoms with van der Waals surface area (Å²) in [5, 5.41) is 14.5. The lowest BCUT2D eigenvalue weighted by Crippen LogP contribution is -2.46. The topological polar surface area (TPSA) is 61.6 Å². The van der Waals surface area contributed by atoms with Gasteiger partial charge in [0.1, 0.15) is 11.4 Å². The Labute approximate surface area is 125 Å². The Morgan fingerprint density at radius 2 is 1.95 bits per heavy atom. The van der Waals surface area contributed by atoms with E-state index in [0.717, 1.165) is 44.8 Å². The summed E-state index contributed by atoms with van der Waals surface area (Å²) in [6.45, 7) is 9.53. The van der Waals surface area contributed by atoms with Crippen LogP contribution in [0.15, 0.2) is 18.2 Å². The second-order valence-electron chi connectivity index (χ2n) is 5.29. The predicted octanol–water partition coefficient (Wildman–Crippen LogP) is 2.56. The number of para-hydroxylation sites is 1. The lowest BCUT2D eigenvalue weighted by molar-refractivity contribution is -0.383. The van der Waals surface area contributed by atoms with Crippen LogP contribution in [0.1, 0.15) is 20.3 Å². The summed E-state index contributed by atoms with van der Waals surface area (Å²) in [4.78, 5) is 15.7. The van der Waals surface area contributed by atoms with E-state index in [1.54, 1.807) is 6.07 Å². The van der Waals surface area contributed by atoms with Gasteiger partial charge in [-0.3, -0.25) is 15.0 Å². The molecule has 1 heterocycles. The van der Waals surface area contributed by atoms with Crippen LogP contribution in [0.3, 0.4) is 0 Å². The zero-order chi connectivity index (χ0) is 15.2. The average Bonchev–Trinajstić information content (AvgIpc) is 2.48. The van der Waals surface area contributed by atoms with E-state index in [2.05, 4.69) is 22.0 Å². The maximum atomic E-state index is 11.5. The van der Waals surface area contributed by atoms with E-state index in [4.69, 9.17) is 0 Å². The molecular weight excluding hydrogens is 268 g/mol. The Bertz CT molecular complexity index is 485. The van der Waals surface area contributed by atoms with Crippen molar-refractivity contribution in [2.45, 2.75) is 20.3 Å². The van der Waals surface area contributed by atoms with Gasteiger partial charge in [-0.15, -0.1) is 0 Å². The van der Waals surface area contributed by atoms with Crippen molar-refractivity contribution in [3.8, 4) is 0 Å². The predicted molar refractivity (Wildman–Crippen MR) is 86.2 cm³/mol. The minimum atomic E-state index is -0.272. The molecule has 1 aliphatic heterocycles. The maximum absolute atomic E-state index is 11.5. The van der Waals surface area contributed by atoms with Crippen molar-refractivity contribution < 1.29 is 4.92 Å². The molecule has 0 aliphatic carbocycles. The fourth-order valence-corrected chi connectivity index (χ4v) is 2.84. The lowest BCUT2D eigenvalue weighted by Gasteiger charge is -2.35. The van der Waals surface area contributed by atoms with Crippen molar-refractivity contribution in [2.75, 3.05) is 49.5 Å². The van der Waals surface area contributed by atoms with Crippen LogP contribution < -0.4 is 10.2 Å². The van der Waals surface area contributed by atoms with Crippen LogP contribution in [0, 0.1) is 10.1 Å². The zero-order valence-corrected chi connectivity index (χ0v) is 12.8. The van der Waals surface area contributed by atoms with Crippen molar-refractivity contribution in [3.05, 3.63) is 28.3 Å². The number of anilines is 2. The van der Waals surface area contributed by atoms with E-state index in [0.29, 0.717) is 12.2 Å². The molecule has 0 amide bonds. The van der Waals surface area contributed by atoms with Crippen LogP contribution in [0.4, 0.5) is 17.1 Å². The van der Waals surface area contributed by atoms with E-state index in [-0.39, 0.29) is 10.6 Å². The third-order valence-electron chi connectivity index (χ3n) is 3.82. The molecule has 6 heteroatoms. The highest BCUT2D eigenvalue weighted by Crippen LogP contribution is 2.35. The molecule has 1 aliphatic rings. The van der Waals surface area contributed by atoms with Gasteiger partial charge in [0.2, 0.25) is 0 Å². The van der Waals surface area contributed by atoms with E-state index < -0.39 is 0 Å². The number of benzene rings is 1. The smallest absolute Gasteiger partial charge is 0.315 e. The quantitative estimate of drug-likeness (QED) is 0.645. The molecule has 1 aromatic carbocycles. The third-order valence-corrected chi connectivity index (χ3v) is 3.82. The minimum absolute atomic E-state index is 0.197. The summed E-state index contributed by atoms with van der Waals surface area (Å²) in [7, 11) is 0. The molecule has 1 N–H and O–H groups in total. The summed E-state index contributed by atoms with van der Waals surface area (Å²) in [6.07, 6.45) is 1.15. The van der Waals surface area contributed by atoms with Crippen LogP contribution >= 0.6 is 0 Å². The summed E-state index contributed by atoms with van der Waals surface area (Å²) in [6, 6.07) is 5.52. The summed E-state index contributed by atoms with van der Waals surface area (Å²) < 4.78 is 0. The van der Waals surface area contributed by atoms with Crippen LogP contribution in [0.5, 0.6) is 0 Å². The first kappa shape index (κ1) is 15.6. The van der Waals surface area contributed by atoms with Gasteiger partial charge in [0.25, 0.3) is 0 Å². The number of piperazine rings is 1. The van der Waals surface area contributed by atoms with Crippen molar-refractivity contribution in [1.29, 1.82) is 0 Å². The monoisotopic (exact) mass is 292 g/mol. The molecule has 1 saturated heterocycles. The van der Waals surface area contributed by atoms with Crippen LogP contribution in [-0.4, -0.2) is 49.1 Å². The van der Waals surface area contributed by atoms with Gasteiger partial charge in [0.15, 0.2) is 0 Å². The third kappa shape index (κ3) is 3.64. The molecule has 116 valence electrons. The van der Waals surface area contributed by atoms with E-state index in [9.17, 15) is 10.1 Å². The average molecular weight is 292 g/mol. The second kappa shape index (κ2) is 7.26. The normalized spacial score (nSPS) is 16.0. The number of nitrogens with one attached hydrogen (secondary N) is 1. The standard InChI is InChI=1S/C15H24N4O2/c1-3-8-17-9-11-18(12-10-17)14-7-5-6-13(16-4-2)15(14)19(20)21/h5-7,16H,3-4,8-12H2,1-2H3. The molecule has 0 radical (unpaired) electrons. The number of nitro groups is 1. The summed E-state index contributed by atoms with van der Waals surface area (Å²) in [5.74, 6) is 0. The first-order valence-corrected chi connectivity index (χ1v) is 7.66. The molecule has 0 atom stereocenters. The largest absolute Gasteiger partial charge is 0.380 e. The van der Waals surface area contributed by atoms with Crippen molar-refractivity contribution in [1.82, 2.24) is 4.90 Å². The van der Waals surface area contributed by atoms with Gasteiger partial charge in [-0.2, -0.15) is 0 Å². The summed E-state index contributed by atoms with van der Waals surface area (Å²) >= 11 is 0.